The monoisotopic (exact) mass is 263 g/mol. The van der Waals surface area contributed by atoms with Gasteiger partial charge in [0.1, 0.15) is 5.82 Å². The predicted octanol–water partition coefficient (Wildman–Crippen LogP) is 4.12. The molecular weight excluding hydrogens is 245 g/mol. The Morgan fingerprint density at radius 2 is 1.83 bits per heavy atom. The quantitative estimate of drug-likeness (QED) is 0.878. The number of thiophene rings is 1. The van der Waals surface area contributed by atoms with Crippen molar-refractivity contribution in [1.82, 2.24) is 5.32 Å². The Hall–Kier alpha value is -1.19. The second-order valence-corrected chi connectivity index (χ2v) is 6.11. The molecule has 18 heavy (non-hydrogen) atoms. The highest BCUT2D eigenvalue weighted by atomic mass is 32.1. The van der Waals surface area contributed by atoms with E-state index in [2.05, 4.69) is 25.2 Å². The van der Waals surface area contributed by atoms with E-state index in [1.807, 2.05) is 20.0 Å². The van der Waals surface area contributed by atoms with Crippen molar-refractivity contribution in [2.75, 3.05) is 7.05 Å². The molecule has 3 heteroatoms. The molecule has 0 saturated heterocycles. The molecule has 1 atom stereocenters. The van der Waals surface area contributed by atoms with Gasteiger partial charge in [0.25, 0.3) is 0 Å². The van der Waals surface area contributed by atoms with Crippen LogP contribution in [0.2, 0.25) is 0 Å². The average Bonchev–Trinajstić information content (AvgIpc) is 2.58. The van der Waals surface area contributed by atoms with Gasteiger partial charge in [-0.05, 0) is 62.7 Å². The van der Waals surface area contributed by atoms with Gasteiger partial charge in [-0.3, -0.25) is 0 Å². The lowest BCUT2D eigenvalue weighted by atomic mass is 9.97. The smallest absolute Gasteiger partial charge is 0.123 e. The Morgan fingerprint density at radius 3 is 2.33 bits per heavy atom. The van der Waals surface area contributed by atoms with Crippen molar-refractivity contribution in [3.63, 3.8) is 0 Å². The molecule has 0 aliphatic heterocycles. The lowest BCUT2D eigenvalue weighted by molar-refractivity contribution is 0.615. The lowest BCUT2D eigenvalue weighted by Gasteiger charge is -2.17. The molecule has 0 saturated carbocycles. The zero-order valence-electron chi connectivity index (χ0n) is 11.2. The van der Waals surface area contributed by atoms with Crippen LogP contribution in [0.1, 0.15) is 32.5 Å². The number of benzene rings is 1. The third-order valence-electron chi connectivity index (χ3n) is 3.08. The number of aryl methyl sites for hydroxylation is 3. The van der Waals surface area contributed by atoms with Crippen molar-refractivity contribution in [1.29, 1.82) is 0 Å². The Kier molecular flexibility index (Phi) is 3.83. The van der Waals surface area contributed by atoms with Gasteiger partial charge in [0, 0.05) is 9.75 Å². The summed E-state index contributed by atoms with van der Waals surface area (Å²) in [5.41, 5.74) is 3.18. The number of rotatable bonds is 3. The van der Waals surface area contributed by atoms with Gasteiger partial charge in [-0.1, -0.05) is 6.07 Å². The van der Waals surface area contributed by atoms with Crippen molar-refractivity contribution >= 4 is 11.3 Å². The van der Waals surface area contributed by atoms with Crippen LogP contribution in [0, 0.1) is 26.6 Å². The van der Waals surface area contributed by atoms with Crippen LogP contribution in [0.25, 0.3) is 0 Å². The molecule has 1 heterocycles. The minimum atomic E-state index is -0.171. The molecule has 1 unspecified atom stereocenters. The standard InChI is InChI=1S/C15H18FNS/c1-9-5-12(8-13(16)6-9)15(17-4)14-7-10(2)18-11(14)3/h5-8,15,17H,1-4H3. The molecule has 2 rings (SSSR count). The summed E-state index contributed by atoms with van der Waals surface area (Å²) in [6, 6.07) is 7.45. The first kappa shape index (κ1) is 13.2. The largest absolute Gasteiger partial charge is 0.309 e. The molecule has 0 spiro atoms. The first-order valence-electron chi connectivity index (χ1n) is 6.02. The Balaban J connectivity index is 2.48. The maximum Gasteiger partial charge on any atom is 0.123 e. The summed E-state index contributed by atoms with van der Waals surface area (Å²) in [5, 5.41) is 3.28. The van der Waals surface area contributed by atoms with Crippen molar-refractivity contribution in [2.45, 2.75) is 26.8 Å². The van der Waals surface area contributed by atoms with Crippen LogP contribution in [-0.4, -0.2) is 7.05 Å². The van der Waals surface area contributed by atoms with E-state index in [0.717, 1.165) is 11.1 Å². The molecule has 0 bridgehead atoms. The van der Waals surface area contributed by atoms with Crippen LogP contribution in [0.3, 0.4) is 0 Å². The molecule has 1 nitrogen and oxygen atoms in total. The number of halogens is 1. The van der Waals surface area contributed by atoms with Crippen molar-refractivity contribution in [3.05, 3.63) is 56.5 Å². The normalized spacial score (nSPS) is 12.7. The van der Waals surface area contributed by atoms with Gasteiger partial charge in [0.2, 0.25) is 0 Å². The van der Waals surface area contributed by atoms with E-state index >= 15 is 0 Å². The fourth-order valence-corrected chi connectivity index (χ4v) is 3.33. The van der Waals surface area contributed by atoms with Crippen LogP contribution < -0.4 is 5.32 Å². The second kappa shape index (κ2) is 5.21. The predicted molar refractivity (Wildman–Crippen MR) is 75.8 cm³/mol. The number of nitrogens with one attached hydrogen (secondary N) is 1. The van der Waals surface area contributed by atoms with Crippen molar-refractivity contribution < 1.29 is 4.39 Å². The third kappa shape index (κ3) is 2.62. The molecule has 0 aliphatic carbocycles. The first-order valence-corrected chi connectivity index (χ1v) is 6.84. The minimum Gasteiger partial charge on any atom is -0.309 e. The van der Waals surface area contributed by atoms with Crippen molar-refractivity contribution in [2.24, 2.45) is 0 Å². The topological polar surface area (TPSA) is 12.0 Å². The van der Waals surface area contributed by atoms with Gasteiger partial charge in [-0.25, -0.2) is 4.39 Å². The third-order valence-corrected chi connectivity index (χ3v) is 4.06. The molecule has 2 aromatic rings. The Morgan fingerprint density at radius 1 is 1.11 bits per heavy atom. The van der Waals surface area contributed by atoms with E-state index in [9.17, 15) is 4.39 Å². The fraction of sp³-hybridized carbons (Fsp3) is 0.333. The number of hydrogen-bond donors (Lipinski definition) is 1. The lowest BCUT2D eigenvalue weighted by Crippen LogP contribution is -2.18. The van der Waals surface area contributed by atoms with E-state index < -0.39 is 0 Å². The van der Waals surface area contributed by atoms with E-state index in [-0.39, 0.29) is 11.9 Å². The van der Waals surface area contributed by atoms with E-state index in [4.69, 9.17) is 0 Å². The fourth-order valence-electron chi connectivity index (χ4n) is 2.37. The molecule has 1 aromatic carbocycles. The van der Waals surface area contributed by atoms with Gasteiger partial charge in [-0.2, -0.15) is 0 Å². The molecule has 0 fully saturated rings. The van der Waals surface area contributed by atoms with Gasteiger partial charge < -0.3 is 5.32 Å². The van der Waals surface area contributed by atoms with Gasteiger partial charge >= 0.3 is 0 Å². The summed E-state index contributed by atoms with van der Waals surface area (Å²) in [6.07, 6.45) is 0. The van der Waals surface area contributed by atoms with Gasteiger partial charge in [0.05, 0.1) is 6.04 Å². The molecule has 1 N–H and O–H groups in total. The first-order chi connectivity index (χ1) is 8.51. The van der Waals surface area contributed by atoms with Crippen LogP contribution in [0.15, 0.2) is 24.3 Å². The van der Waals surface area contributed by atoms with Gasteiger partial charge in [0.15, 0.2) is 0 Å². The highest BCUT2D eigenvalue weighted by Gasteiger charge is 2.17. The van der Waals surface area contributed by atoms with Crippen molar-refractivity contribution in [3.8, 4) is 0 Å². The highest BCUT2D eigenvalue weighted by Crippen LogP contribution is 2.31. The van der Waals surface area contributed by atoms with Crippen LogP contribution in [0.4, 0.5) is 4.39 Å². The summed E-state index contributed by atoms with van der Waals surface area (Å²) in [4.78, 5) is 2.57. The molecule has 0 radical (unpaired) electrons. The van der Waals surface area contributed by atoms with E-state index in [0.29, 0.717) is 0 Å². The van der Waals surface area contributed by atoms with E-state index in [1.54, 1.807) is 23.5 Å². The summed E-state index contributed by atoms with van der Waals surface area (Å²) in [5.74, 6) is -0.171. The van der Waals surface area contributed by atoms with Crippen LogP contribution in [-0.2, 0) is 0 Å². The summed E-state index contributed by atoms with van der Waals surface area (Å²) in [6.45, 7) is 6.14. The molecule has 0 aliphatic rings. The zero-order valence-corrected chi connectivity index (χ0v) is 12.0. The van der Waals surface area contributed by atoms with Crippen LogP contribution in [0.5, 0.6) is 0 Å². The van der Waals surface area contributed by atoms with E-state index in [1.165, 1.54) is 15.3 Å². The Labute approximate surface area is 112 Å². The molecule has 0 amide bonds. The van der Waals surface area contributed by atoms with Gasteiger partial charge in [-0.15, -0.1) is 11.3 Å². The second-order valence-electron chi connectivity index (χ2n) is 4.65. The van der Waals surface area contributed by atoms with Crippen LogP contribution >= 0.6 is 11.3 Å². The molecule has 1 aromatic heterocycles. The SMILES string of the molecule is CNC(c1cc(C)cc(F)c1)c1cc(C)sc1C. The summed E-state index contributed by atoms with van der Waals surface area (Å²) >= 11 is 1.78. The highest BCUT2D eigenvalue weighted by molar-refractivity contribution is 7.12. The number of hydrogen-bond acceptors (Lipinski definition) is 2. The molecule has 96 valence electrons. The maximum absolute atomic E-state index is 13.5. The Bertz CT molecular complexity index is 539. The summed E-state index contributed by atoms with van der Waals surface area (Å²) in [7, 11) is 1.91. The summed E-state index contributed by atoms with van der Waals surface area (Å²) < 4.78 is 13.5. The average molecular weight is 263 g/mol. The molecular formula is C15H18FNS. The maximum atomic E-state index is 13.5. The zero-order chi connectivity index (χ0) is 13.3. The minimum absolute atomic E-state index is 0.0596.